The molecule has 1 aromatic rings. The number of halogens is 1. The summed E-state index contributed by atoms with van der Waals surface area (Å²) in [6.45, 7) is 1.30. The van der Waals surface area contributed by atoms with Crippen molar-refractivity contribution in [3.8, 4) is 0 Å². The summed E-state index contributed by atoms with van der Waals surface area (Å²) in [6, 6.07) is 7.95. The molecule has 0 aliphatic heterocycles. The van der Waals surface area contributed by atoms with E-state index < -0.39 is 9.84 Å². The van der Waals surface area contributed by atoms with Gasteiger partial charge in [-0.3, -0.25) is 0 Å². The summed E-state index contributed by atoms with van der Waals surface area (Å²) in [6.07, 6.45) is 1.26. The third-order valence-electron chi connectivity index (χ3n) is 2.24. The highest BCUT2D eigenvalue weighted by Crippen LogP contribution is 2.17. The minimum absolute atomic E-state index is 0.202. The van der Waals surface area contributed by atoms with E-state index in [1.165, 1.54) is 11.8 Å². The Labute approximate surface area is 106 Å². The third-order valence-corrected chi connectivity index (χ3v) is 3.94. The molecule has 0 spiro atoms. The second-order valence-electron chi connectivity index (χ2n) is 3.96. The van der Waals surface area contributed by atoms with E-state index in [2.05, 4.69) is 15.9 Å². The number of hydrogen-bond acceptors (Lipinski definition) is 3. The molecule has 0 aromatic heterocycles. The Bertz CT molecular complexity index is 445. The normalized spacial score (nSPS) is 12.0. The maximum absolute atomic E-state index is 11.0. The van der Waals surface area contributed by atoms with E-state index in [4.69, 9.17) is 0 Å². The lowest BCUT2D eigenvalue weighted by molar-refractivity contribution is 0.345. The number of hydrogen-bond donors (Lipinski definition) is 0. The molecule has 0 N–H and O–H groups in total. The Kier molecular flexibility index (Phi) is 4.95. The van der Waals surface area contributed by atoms with Crippen molar-refractivity contribution in [3.05, 3.63) is 34.3 Å². The van der Waals surface area contributed by atoms with Gasteiger partial charge in [-0.1, -0.05) is 34.1 Å². The number of nitrogens with zero attached hydrogens (tertiary/aromatic N) is 1. The molecule has 0 bridgehead atoms. The van der Waals surface area contributed by atoms with Gasteiger partial charge in [-0.2, -0.15) is 0 Å². The Morgan fingerprint density at radius 1 is 1.31 bits per heavy atom. The van der Waals surface area contributed by atoms with Crippen LogP contribution in [-0.4, -0.2) is 38.9 Å². The Hall–Kier alpha value is -0.390. The van der Waals surface area contributed by atoms with Crippen molar-refractivity contribution >= 4 is 25.8 Å². The fourth-order valence-electron chi connectivity index (χ4n) is 1.32. The third kappa shape index (κ3) is 5.09. The standard InChI is InChI=1S/C11H16BrNO2S/c1-13(7-8-16(2,14)15)9-10-5-3-4-6-11(10)12/h3-6H,7-9H2,1-2H3. The summed E-state index contributed by atoms with van der Waals surface area (Å²) >= 11 is 3.47. The van der Waals surface area contributed by atoms with E-state index in [1.807, 2.05) is 36.2 Å². The summed E-state index contributed by atoms with van der Waals surface area (Å²) in [4.78, 5) is 2.00. The zero-order valence-electron chi connectivity index (χ0n) is 9.48. The van der Waals surface area contributed by atoms with Crippen LogP contribution in [0.3, 0.4) is 0 Å². The van der Waals surface area contributed by atoms with Crippen molar-refractivity contribution < 1.29 is 8.42 Å². The lowest BCUT2D eigenvalue weighted by Crippen LogP contribution is -2.25. The molecule has 0 saturated carbocycles. The summed E-state index contributed by atoms with van der Waals surface area (Å²) in [5, 5.41) is 0. The molecule has 0 amide bonds. The van der Waals surface area contributed by atoms with Crippen molar-refractivity contribution in [1.29, 1.82) is 0 Å². The van der Waals surface area contributed by atoms with Crippen LogP contribution in [0.1, 0.15) is 5.56 Å². The van der Waals surface area contributed by atoms with Crippen LogP contribution in [0, 0.1) is 0 Å². The lowest BCUT2D eigenvalue weighted by Gasteiger charge is -2.16. The second kappa shape index (κ2) is 5.80. The predicted molar refractivity (Wildman–Crippen MR) is 70.2 cm³/mol. The van der Waals surface area contributed by atoms with Gasteiger partial charge < -0.3 is 4.90 Å². The fraction of sp³-hybridized carbons (Fsp3) is 0.455. The van der Waals surface area contributed by atoms with Crippen molar-refractivity contribution in [3.63, 3.8) is 0 Å². The highest BCUT2D eigenvalue weighted by Gasteiger charge is 2.07. The quantitative estimate of drug-likeness (QED) is 0.834. The van der Waals surface area contributed by atoms with Gasteiger partial charge in [0.15, 0.2) is 0 Å². The minimum Gasteiger partial charge on any atom is -0.301 e. The molecule has 1 aromatic carbocycles. The van der Waals surface area contributed by atoms with E-state index in [0.717, 1.165) is 11.0 Å². The van der Waals surface area contributed by atoms with E-state index in [-0.39, 0.29) is 5.75 Å². The SMILES string of the molecule is CN(CCS(C)(=O)=O)Cc1ccccc1Br. The van der Waals surface area contributed by atoms with Crippen molar-refractivity contribution in [2.24, 2.45) is 0 Å². The van der Waals surface area contributed by atoms with Gasteiger partial charge in [-0.25, -0.2) is 8.42 Å². The van der Waals surface area contributed by atoms with Crippen LogP contribution in [0.4, 0.5) is 0 Å². The minimum atomic E-state index is -2.87. The first-order valence-electron chi connectivity index (χ1n) is 4.98. The number of benzene rings is 1. The van der Waals surface area contributed by atoms with Crippen LogP contribution < -0.4 is 0 Å². The van der Waals surface area contributed by atoms with Gasteiger partial charge in [0.25, 0.3) is 0 Å². The summed E-state index contributed by atoms with van der Waals surface area (Å²) in [7, 11) is -0.954. The Morgan fingerprint density at radius 2 is 1.94 bits per heavy atom. The van der Waals surface area contributed by atoms with E-state index in [9.17, 15) is 8.42 Å². The number of sulfone groups is 1. The molecule has 0 fully saturated rings. The van der Waals surface area contributed by atoms with Crippen LogP contribution in [0.5, 0.6) is 0 Å². The molecule has 0 atom stereocenters. The van der Waals surface area contributed by atoms with Gasteiger partial charge >= 0.3 is 0 Å². The molecule has 0 saturated heterocycles. The van der Waals surface area contributed by atoms with Crippen LogP contribution in [-0.2, 0) is 16.4 Å². The zero-order valence-corrected chi connectivity index (χ0v) is 11.9. The van der Waals surface area contributed by atoms with Gasteiger partial charge in [0, 0.05) is 23.8 Å². The average molecular weight is 306 g/mol. The smallest absolute Gasteiger partial charge is 0.148 e. The molecular formula is C11H16BrNO2S. The average Bonchev–Trinajstić information content (AvgIpc) is 2.18. The molecule has 5 heteroatoms. The molecule has 0 radical (unpaired) electrons. The van der Waals surface area contributed by atoms with E-state index in [1.54, 1.807) is 0 Å². The van der Waals surface area contributed by atoms with E-state index in [0.29, 0.717) is 6.54 Å². The topological polar surface area (TPSA) is 37.4 Å². The lowest BCUT2D eigenvalue weighted by atomic mass is 10.2. The highest BCUT2D eigenvalue weighted by molar-refractivity contribution is 9.10. The zero-order chi connectivity index (χ0) is 12.2. The first-order valence-corrected chi connectivity index (χ1v) is 7.83. The summed E-state index contributed by atoms with van der Waals surface area (Å²) < 4.78 is 23.1. The van der Waals surface area contributed by atoms with Gasteiger partial charge in [-0.05, 0) is 18.7 Å². The molecule has 16 heavy (non-hydrogen) atoms. The van der Waals surface area contributed by atoms with Gasteiger partial charge in [0.2, 0.25) is 0 Å². The van der Waals surface area contributed by atoms with Crippen LogP contribution >= 0.6 is 15.9 Å². The Morgan fingerprint density at radius 3 is 2.50 bits per heavy atom. The van der Waals surface area contributed by atoms with Crippen LogP contribution in [0.25, 0.3) is 0 Å². The van der Waals surface area contributed by atoms with Gasteiger partial charge in [-0.15, -0.1) is 0 Å². The molecule has 90 valence electrons. The van der Waals surface area contributed by atoms with Crippen LogP contribution in [0.2, 0.25) is 0 Å². The second-order valence-corrected chi connectivity index (χ2v) is 7.07. The molecule has 1 rings (SSSR count). The maximum atomic E-state index is 11.0. The Balaban J connectivity index is 2.52. The first kappa shape index (κ1) is 13.7. The predicted octanol–water partition coefficient (Wildman–Crippen LogP) is 1.93. The van der Waals surface area contributed by atoms with Crippen molar-refractivity contribution in [2.45, 2.75) is 6.54 Å². The van der Waals surface area contributed by atoms with Gasteiger partial charge in [0.1, 0.15) is 9.84 Å². The number of rotatable bonds is 5. The van der Waals surface area contributed by atoms with Crippen molar-refractivity contribution in [2.75, 3.05) is 25.6 Å². The highest BCUT2D eigenvalue weighted by atomic mass is 79.9. The molecule has 0 unspecified atom stereocenters. The fourth-order valence-corrected chi connectivity index (χ4v) is 2.37. The molecule has 0 aliphatic carbocycles. The van der Waals surface area contributed by atoms with Gasteiger partial charge in [0.05, 0.1) is 5.75 Å². The molecular weight excluding hydrogens is 290 g/mol. The maximum Gasteiger partial charge on any atom is 0.148 e. The van der Waals surface area contributed by atoms with Crippen molar-refractivity contribution in [1.82, 2.24) is 4.90 Å². The molecule has 0 aliphatic rings. The monoisotopic (exact) mass is 305 g/mol. The molecule has 0 heterocycles. The summed E-state index contributed by atoms with van der Waals surface area (Å²) in [5.74, 6) is 0.202. The largest absolute Gasteiger partial charge is 0.301 e. The van der Waals surface area contributed by atoms with E-state index >= 15 is 0 Å². The summed E-state index contributed by atoms with van der Waals surface area (Å²) in [5.41, 5.74) is 1.17. The first-order chi connectivity index (χ1) is 7.38. The van der Waals surface area contributed by atoms with Crippen LogP contribution in [0.15, 0.2) is 28.7 Å². The molecule has 3 nitrogen and oxygen atoms in total.